The number of carbonyl (C=O) groups is 1. The summed E-state index contributed by atoms with van der Waals surface area (Å²) >= 11 is 1.51. The molecule has 1 aromatic heterocycles. The van der Waals surface area contributed by atoms with Gasteiger partial charge in [-0.1, -0.05) is 54.6 Å². The molecule has 1 atom stereocenters. The lowest BCUT2D eigenvalue weighted by atomic mass is 10.0. The van der Waals surface area contributed by atoms with Crippen LogP contribution in [-0.2, 0) is 11.2 Å². The molecule has 0 saturated carbocycles. The molecule has 0 spiro atoms. The zero-order chi connectivity index (χ0) is 17.8. The number of rotatable bonds is 5. The molecule has 0 radical (unpaired) electrons. The third kappa shape index (κ3) is 3.90. The minimum absolute atomic E-state index is 0.0479. The van der Waals surface area contributed by atoms with E-state index >= 15 is 0 Å². The van der Waals surface area contributed by atoms with Crippen molar-refractivity contribution < 1.29 is 9.53 Å². The smallest absolute Gasteiger partial charge is 0.186 e. The third-order valence-corrected chi connectivity index (χ3v) is 5.35. The Kier molecular flexibility index (Phi) is 5.20. The van der Waals surface area contributed by atoms with Gasteiger partial charge in [-0.3, -0.25) is 4.79 Å². The molecule has 1 unspecified atom stereocenters. The largest absolute Gasteiger partial charge is 0.371 e. The van der Waals surface area contributed by atoms with E-state index in [1.807, 2.05) is 47.8 Å². The summed E-state index contributed by atoms with van der Waals surface area (Å²) in [7, 11) is 0. The minimum atomic E-state index is 0.0479. The van der Waals surface area contributed by atoms with E-state index in [2.05, 4.69) is 22.4 Å². The number of carbonyl (C=O) groups excluding carboxylic acids is 1. The van der Waals surface area contributed by atoms with Gasteiger partial charge >= 0.3 is 0 Å². The Balaban J connectivity index is 1.42. The van der Waals surface area contributed by atoms with Crippen molar-refractivity contribution in [1.82, 2.24) is 10.3 Å². The van der Waals surface area contributed by atoms with Gasteiger partial charge in [-0.25, -0.2) is 4.98 Å². The summed E-state index contributed by atoms with van der Waals surface area (Å²) < 4.78 is 5.76. The first kappa shape index (κ1) is 17.1. The van der Waals surface area contributed by atoms with Crippen LogP contribution in [0.4, 0.5) is 0 Å². The van der Waals surface area contributed by atoms with Gasteiger partial charge in [0, 0.05) is 30.5 Å². The average Bonchev–Trinajstić information content (AvgIpc) is 3.20. The molecule has 2 aromatic carbocycles. The fourth-order valence-corrected chi connectivity index (χ4v) is 3.85. The maximum atomic E-state index is 12.6. The first-order valence-electron chi connectivity index (χ1n) is 8.75. The molecular weight excluding hydrogens is 344 g/mol. The molecular formula is C21H20N2O2S. The Morgan fingerprint density at radius 1 is 1.15 bits per heavy atom. The van der Waals surface area contributed by atoms with Crippen LogP contribution >= 0.6 is 11.3 Å². The van der Waals surface area contributed by atoms with Gasteiger partial charge in [-0.15, -0.1) is 11.3 Å². The van der Waals surface area contributed by atoms with E-state index in [0.717, 1.165) is 41.4 Å². The van der Waals surface area contributed by atoms with Crippen LogP contribution in [0.3, 0.4) is 0 Å². The summed E-state index contributed by atoms with van der Waals surface area (Å²) in [5, 5.41) is 6.06. The van der Waals surface area contributed by atoms with Crippen molar-refractivity contribution in [3.8, 4) is 10.6 Å². The predicted octanol–water partition coefficient (Wildman–Crippen LogP) is 3.90. The lowest BCUT2D eigenvalue weighted by Gasteiger charge is -2.24. The highest BCUT2D eigenvalue weighted by atomic mass is 32.1. The van der Waals surface area contributed by atoms with Gasteiger partial charge in [0.05, 0.1) is 12.7 Å². The number of ketones is 1. The third-order valence-electron chi connectivity index (χ3n) is 4.45. The number of benzene rings is 2. The Hall–Kier alpha value is -2.34. The highest BCUT2D eigenvalue weighted by molar-refractivity contribution is 7.13. The van der Waals surface area contributed by atoms with Crippen molar-refractivity contribution in [2.75, 3.05) is 19.7 Å². The molecule has 3 aromatic rings. The fraction of sp³-hybridized carbons (Fsp3) is 0.238. The summed E-state index contributed by atoms with van der Waals surface area (Å²) in [6.45, 7) is 2.47. The van der Waals surface area contributed by atoms with Crippen molar-refractivity contribution in [3.05, 3.63) is 76.8 Å². The molecule has 1 aliphatic rings. The molecule has 4 rings (SSSR count). The minimum Gasteiger partial charge on any atom is -0.371 e. The number of morpholine rings is 1. The van der Waals surface area contributed by atoms with Crippen LogP contribution in [0.5, 0.6) is 0 Å². The molecule has 0 aliphatic carbocycles. The SMILES string of the molecule is O=C(Cc1ccc(C2CNCCO2)cc1)c1csc(-c2ccccc2)n1. The number of ether oxygens (including phenoxy) is 1. The second-order valence-electron chi connectivity index (χ2n) is 6.31. The second-order valence-corrected chi connectivity index (χ2v) is 7.17. The Bertz CT molecular complexity index is 869. The molecule has 1 fully saturated rings. The van der Waals surface area contributed by atoms with E-state index in [1.165, 1.54) is 11.3 Å². The molecule has 4 nitrogen and oxygen atoms in total. The Labute approximate surface area is 156 Å². The summed E-state index contributed by atoms with van der Waals surface area (Å²) in [4.78, 5) is 17.1. The molecule has 5 heteroatoms. The molecule has 1 aliphatic heterocycles. The van der Waals surface area contributed by atoms with Gasteiger partial charge in [-0.05, 0) is 11.1 Å². The van der Waals surface area contributed by atoms with Gasteiger partial charge in [0.2, 0.25) is 0 Å². The standard InChI is InChI=1S/C21H20N2O2S/c24-19(18-14-26-21(23-18)17-4-2-1-3-5-17)12-15-6-8-16(9-7-15)20-13-22-10-11-25-20/h1-9,14,20,22H,10-13H2. The van der Waals surface area contributed by atoms with Crippen molar-refractivity contribution in [1.29, 1.82) is 0 Å². The second kappa shape index (κ2) is 7.91. The maximum absolute atomic E-state index is 12.6. The zero-order valence-electron chi connectivity index (χ0n) is 14.4. The average molecular weight is 364 g/mol. The summed E-state index contributed by atoms with van der Waals surface area (Å²) in [5.74, 6) is 0.0479. The lowest BCUT2D eigenvalue weighted by Crippen LogP contribution is -2.33. The quantitative estimate of drug-likeness (QED) is 0.698. The molecule has 132 valence electrons. The van der Waals surface area contributed by atoms with Crippen LogP contribution in [0, 0.1) is 0 Å². The highest BCUT2D eigenvalue weighted by Gasteiger charge is 2.16. The van der Waals surface area contributed by atoms with Gasteiger partial charge in [0.1, 0.15) is 10.7 Å². The lowest BCUT2D eigenvalue weighted by molar-refractivity contribution is 0.0277. The fourth-order valence-electron chi connectivity index (χ4n) is 3.02. The van der Waals surface area contributed by atoms with Crippen molar-refractivity contribution in [3.63, 3.8) is 0 Å². The Morgan fingerprint density at radius 3 is 2.69 bits per heavy atom. The number of hydrogen-bond acceptors (Lipinski definition) is 5. The molecule has 26 heavy (non-hydrogen) atoms. The van der Waals surface area contributed by atoms with Crippen LogP contribution in [0.25, 0.3) is 10.6 Å². The number of nitrogens with one attached hydrogen (secondary N) is 1. The zero-order valence-corrected chi connectivity index (χ0v) is 15.2. The van der Waals surface area contributed by atoms with Crippen LogP contribution in [-0.4, -0.2) is 30.5 Å². The van der Waals surface area contributed by atoms with Crippen LogP contribution in [0.15, 0.2) is 60.0 Å². The Morgan fingerprint density at radius 2 is 1.96 bits per heavy atom. The predicted molar refractivity (Wildman–Crippen MR) is 104 cm³/mol. The molecule has 2 heterocycles. The van der Waals surface area contributed by atoms with E-state index in [1.54, 1.807) is 0 Å². The topological polar surface area (TPSA) is 51.2 Å². The van der Waals surface area contributed by atoms with Crippen molar-refractivity contribution >= 4 is 17.1 Å². The van der Waals surface area contributed by atoms with Crippen LogP contribution in [0.2, 0.25) is 0 Å². The van der Waals surface area contributed by atoms with Crippen LogP contribution in [0.1, 0.15) is 27.7 Å². The monoisotopic (exact) mass is 364 g/mol. The number of nitrogens with zero attached hydrogens (tertiary/aromatic N) is 1. The highest BCUT2D eigenvalue weighted by Crippen LogP contribution is 2.24. The van der Waals surface area contributed by atoms with E-state index < -0.39 is 0 Å². The van der Waals surface area contributed by atoms with Crippen LogP contribution < -0.4 is 5.32 Å². The van der Waals surface area contributed by atoms with Gasteiger partial charge in [-0.2, -0.15) is 0 Å². The summed E-state index contributed by atoms with van der Waals surface area (Å²) in [6.07, 6.45) is 0.461. The van der Waals surface area contributed by atoms with E-state index in [4.69, 9.17) is 4.74 Å². The van der Waals surface area contributed by atoms with E-state index in [0.29, 0.717) is 12.1 Å². The normalized spacial score (nSPS) is 17.2. The maximum Gasteiger partial charge on any atom is 0.186 e. The summed E-state index contributed by atoms with van der Waals surface area (Å²) in [5.41, 5.74) is 3.73. The summed E-state index contributed by atoms with van der Waals surface area (Å²) in [6, 6.07) is 18.1. The molecule has 0 amide bonds. The van der Waals surface area contributed by atoms with Crippen molar-refractivity contribution in [2.24, 2.45) is 0 Å². The van der Waals surface area contributed by atoms with Gasteiger partial charge < -0.3 is 10.1 Å². The van der Waals surface area contributed by atoms with Crippen molar-refractivity contribution in [2.45, 2.75) is 12.5 Å². The van der Waals surface area contributed by atoms with Gasteiger partial charge in [0.15, 0.2) is 5.78 Å². The number of hydrogen-bond donors (Lipinski definition) is 1. The van der Waals surface area contributed by atoms with Gasteiger partial charge in [0.25, 0.3) is 0 Å². The first-order chi connectivity index (χ1) is 12.8. The molecule has 1 saturated heterocycles. The molecule has 0 bridgehead atoms. The van der Waals surface area contributed by atoms with E-state index in [9.17, 15) is 4.79 Å². The number of Topliss-reactive ketones (excluding diaryl/α,β-unsaturated/α-hetero) is 1. The molecule has 1 N–H and O–H groups in total. The van der Waals surface area contributed by atoms with E-state index in [-0.39, 0.29) is 11.9 Å². The number of aromatic nitrogens is 1. The number of thiazole rings is 1. The first-order valence-corrected chi connectivity index (χ1v) is 9.63.